The Labute approximate surface area is 290 Å². The zero-order valence-corrected chi connectivity index (χ0v) is 28.0. The van der Waals surface area contributed by atoms with E-state index >= 15 is 0 Å². The molecule has 260 valence electrons. The number of halogens is 4. The van der Waals surface area contributed by atoms with Crippen molar-refractivity contribution in [2.45, 2.75) is 32.4 Å². The maximum Gasteiger partial charge on any atom is 0.434 e. The molecule has 1 aliphatic heterocycles. The van der Waals surface area contributed by atoms with Gasteiger partial charge in [0.1, 0.15) is 17.9 Å². The number of rotatable bonds is 10. The number of hydrogen-bond donors (Lipinski definition) is 3. The number of methoxy groups -OCH3 is 1. The summed E-state index contributed by atoms with van der Waals surface area (Å²) in [6, 6.07) is 14.5. The van der Waals surface area contributed by atoms with Crippen molar-refractivity contribution in [3.05, 3.63) is 94.5 Å². The normalized spacial score (nSPS) is 13.4. The molecule has 3 aromatic carbocycles. The summed E-state index contributed by atoms with van der Waals surface area (Å²) in [5, 5.41) is 14.0. The minimum Gasteiger partial charge on any atom is -0.497 e. The first-order chi connectivity index (χ1) is 24.0. The predicted molar refractivity (Wildman–Crippen MR) is 185 cm³/mol. The molecule has 2 amide bonds. The third-order valence-corrected chi connectivity index (χ3v) is 8.78. The van der Waals surface area contributed by atoms with Crippen LogP contribution in [0.3, 0.4) is 0 Å². The molecule has 0 saturated carbocycles. The second-order valence-electron chi connectivity index (χ2n) is 11.6. The van der Waals surface area contributed by atoms with Crippen LogP contribution in [0.15, 0.2) is 67.1 Å². The SMILES string of the molecule is CCC(=O)Nc1ccc(CCc2cc3ncnc(N4CCNCC4)c3cc2Cl)c(NC(=O)c2cnn(-c3ccc(OC)cc3)c2C(F)(F)F)c1. The topological polar surface area (TPSA) is 126 Å². The van der Waals surface area contributed by atoms with Gasteiger partial charge in [-0.15, -0.1) is 0 Å². The van der Waals surface area contributed by atoms with Crippen LogP contribution in [0.4, 0.5) is 30.4 Å². The highest BCUT2D eigenvalue weighted by Crippen LogP contribution is 2.35. The van der Waals surface area contributed by atoms with Gasteiger partial charge in [0.25, 0.3) is 5.91 Å². The van der Waals surface area contributed by atoms with Crippen LogP contribution in [0.1, 0.15) is 40.5 Å². The number of ether oxygens (including phenoxy) is 1. The second-order valence-corrected chi connectivity index (χ2v) is 12.0. The number of benzene rings is 3. The first-order valence-corrected chi connectivity index (χ1v) is 16.4. The minimum absolute atomic E-state index is 0.0970. The molecule has 0 aliphatic carbocycles. The van der Waals surface area contributed by atoms with E-state index in [-0.39, 0.29) is 23.7 Å². The Morgan fingerprint density at radius 2 is 1.72 bits per heavy atom. The number of alkyl halides is 3. The molecule has 1 aliphatic rings. The van der Waals surface area contributed by atoms with Gasteiger partial charge in [0.15, 0.2) is 5.69 Å². The van der Waals surface area contributed by atoms with Gasteiger partial charge in [-0.05, 0) is 72.5 Å². The molecule has 1 saturated heterocycles. The van der Waals surface area contributed by atoms with Gasteiger partial charge < -0.3 is 25.6 Å². The number of amides is 2. The zero-order valence-electron chi connectivity index (χ0n) is 27.3. The number of hydrogen-bond acceptors (Lipinski definition) is 8. The van der Waals surface area contributed by atoms with Crippen LogP contribution >= 0.6 is 11.6 Å². The number of carbonyl (C=O) groups excluding carboxylic acids is 2. The Kier molecular flexibility index (Phi) is 10.2. The van der Waals surface area contributed by atoms with Crippen LogP contribution in [0, 0.1) is 0 Å². The lowest BCUT2D eigenvalue weighted by Crippen LogP contribution is -2.44. The summed E-state index contributed by atoms with van der Waals surface area (Å²) in [6.45, 7) is 5.00. The average Bonchev–Trinajstić information content (AvgIpc) is 3.58. The van der Waals surface area contributed by atoms with Crippen molar-refractivity contribution < 1.29 is 27.5 Å². The van der Waals surface area contributed by atoms with Crippen molar-refractivity contribution >= 4 is 51.5 Å². The van der Waals surface area contributed by atoms with E-state index < -0.39 is 23.3 Å². The molecule has 5 aromatic rings. The van der Waals surface area contributed by atoms with E-state index in [4.69, 9.17) is 16.3 Å². The predicted octanol–water partition coefficient (Wildman–Crippen LogP) is 6.29. The molecule has 0 radical (unpaired) electrons. The molecule has 1 fully saturated rings. The van der Waals surface area contributed by atoms with Crippen LogP contribution in [-0.4, -0.2) is 64.9 Å². The zero-order chi connectivity index (χ0) is 35.4. The first kappa shape index (κ1) is 34.6. The molecule has 2 aromatic heterocycles. The van der Waals surface area contributed by atoms with E-state index in [0.717, 1.165) is 54.7 Å². The Balaban J connectivity index is 1.30. The van der Waals surface area contributed by atoms with Crippen molar-refractivity contribution in [1.82, 2.24) is 25.1 Å². The summed E-state index contributed by atoms with van der Waals surface area (Å²) < 4.78 is 49.1. The number of aromatic nitrogens is 4. The summed E-state index contributed by atoms with van der Waals surface area (Å²) in [4.78, 5) is 36.9. The third-order valence-electron chi connectivity index (χ3n) is 8.42. The van der Waals surface area contributed by atoms with Gasteiger partial charge in [0.05, 0.1) is 30.1 Å². The summed E-state index contributed by atoms with van der Waals surface area (Å²) in [5.74, 6) is -0.0140. The van der Waals surface area contributed by atoms with Gasteiger partial charge in [0.2, 0.25) is 5.91 Å². The fourth-order valence-electron chi connectivity index (χ4n) is 5.83. The Morgan fingerprint density at radius 3 is 2.42 bits per heavy atom. The van der Waals surface area contributed by atoms with E-state index in [9.17, 15) is 22.8 Å². The Morgan fingerprint density at radius 1 is 0.980 bits per heavy atom. The number of piperazine rings is 1. The first-order valence-electron chi connectivity index (χ1n) is 16.0. The van der Waals surface area contributed by atoms with Crippen LogP contribution in [0.5, 0.6) is 5.75 Å². The number of aryl methyl sites for hydroxylation is 2. The van der Waals surface area contributed by atoms with Crippen LogP contribution < -0.4 is 25.6 Å². The maximum absolute atomic E-state index is 14.4. The number of fused-ring (bicyclic) bond motifs is 1. The maximum atomic E-state index is 14.4. The number of nitrogens with zero attached hydrogens (tertiary/aromatic N) is 5. The van der Waals surface area contributed by atoms with E-state index in [2.05, 4.69) is 35.9 Å². The quantitative estimate of drug-likeness (QED) is 0.155. The molecule has 11 nitrogen and oxygen atoms in total. The fourth-order valence-corrected chi connectivity index (χ4v) is 6.09. The lowest BCUT2D eigenvalue weighted by molar-refractivity contribution is -0.143. The van der Waals surface area contributed by atoms with Crippen molar-refractivity contribution in [2.75, 3.05) is 48.8 Å². The molecule has 15 heteroatoms. The van der Waals surface area contributed by atoms with Crippen LogP contribution in [-0.2, 0) is 23.8 Å². The lowest BCUT2D eigenvalue weighted by Gasteiger charge is -2.29. The van der Waals surface area contributed by atoms with Crippen molar-refractivity contribution in [1.29, 1.82) is 0 Å². The molecule has 0 atom stereocenters. The second kappa shape index (κ2) is 14.7. The molecular weight excluding hydrogens is 673 g/mol. The minimum atomic E-state index is -4.91. The lowest BCUT2D eigenvalue weighted by atomic mass is 10.0. The molecule has 0 bridgehead atoms. The van der Waals surface area contributed by atoms with Gasteiger partial charge in [-0.3, -0.25) is 9.59 Å². The number of carbonyl (C=O) groups is 2. The summed E-state index contributed by atoms with van der Waals surface area (Å²) >= 11 is 6.79. The largest absolute Gasteiger partial charge is 0.497 e. The van der Waals surface area contributed by atoms with Gasteiger partial charge in [-0.1, -0.05) is 24.6 Å². The van der Waals surface area contributed by atoms with Gasteiger partial charge in [-0.2, -0.15) is 18.3 Å². The molecule has 3 N–H and O–H groups in total. The molecule has 6 rings (SSSR count). The van der Waals surface area contributed by atoms with Gasteiger partial charge in [-0.25, -0.2) is 14.6 Å². The van der Waals surface area contributed by atoms with Gasteiger partial charge >= 0.3 is 6.18 Å². The molecule has 3 heterocycles. The molecular formula is C35H34ClF3N8O3. The number of anilines is 3. The fraction of sp³-hybridized carbons (Fsp3) is 0.286. The van der Waals surface area contributed by atoms with Crippen molar-refractivity contribution in [3.63, 3.8) is 0 Å². The van der Waals surface area contributed by atoms with Crippen molar-refractivity contribution in [3.8, 4) is 11.4 Å². The van der Waals surface area contributed by atoms with Crippen molar-refractivity contribution in [2.24, 2.45) is 0 Å². The molecule has 0 unspecified atom stereocenters. The molecule has 0 spiro atoms. The summed E-state index contributed by atoms with van der Waals surface area (Å²) in [6.07, 6.45) is -1.51. The molecule has 50 heavy (non-hydrogen) atoms. The highest BCUT2D eigenvalue weighted by atomic mass is 35.5. The smallest absolute Gasteiger partial charge is 0.434 e. The Hall–Kier alpha value is -5.21. The average molecular weight is 707 g/mol. The van der Waals surface area contributed by atoms with E-state index in [1.54, 1.807) is 19.1 Å². The highest BCUT2D eigenvalue weighted by Gasteiger charge is 2.40. The summed E-state index contributed by atoms with van der Waals surface area (Å²) in [5.41, 5.74) is 0.944. The van der Waals surface area contributed by atoms with E-state index in [0.29, 0.717) is 39.5 Å². The summed E-state index contributed by atoms with van der Waals surface area (Å²) in [7, 11) is 1.44. The highest BCUT2D eigenvalue weighted by molar-refractivity contribution is 6.32. The third kappa shape index (κ3) is 7.50. The Bertz CT molecular complexity index is 2030. The monoisotopic (exact) mass is 706 g/mol. The standard InChI is InChI=1S/C35H34ClF3N8O3/c1-3-31(48)44-23-7-6-21(4-5-22-16-30-26(18-28(22)36)33(42-20-41-30)46-14-12-40-13-15-46)29(17-23)45-34(49)27-19-43-47(32(27)35(37,38)39)24-8-10-25(50-2)11-9-24/h6-11,16-20,40H,3-5,12-15H2,1-2H3,(H,44,48)(H,45,49). The van der Waals surface area contributed by atoms with Crippen LogP contribution in [0.2, 0.25) is 5.02 Å². The van der Waals surface area contributed by atoms with E-state index in [1.165, 1.54) is 43.8 Å². The van der Waals surface area contributed by atoms with Crippen LogP contribution in [0.25, 0.3) is 16.6 Å². The number of nitrogens with one attached hydrogen (secondary N) is 3. The van der Waals surface area contributed by atoms with E-state index in [1.807, 2.05) is 12.1 Å². The van der Waals surface area contributed by atoms with Gasteiger partial charge in [0, 0.05) is 54.4 Å².